The van der Waals surface area contributed by atoms with Crippen LogP contribution in [0.2, 0.25) is 0 Å². The van der Waals surface area contributed by atoms with E-state index in [0.29, 0.717) is 25.8 Å². The van der Waals surface area contributed by atoms with E-state index in [1.807, 2.05) is 0 Å². The van der Waals surface area contributed by atoms with Gasteiger partial charge in [0.2, 0.25) is 5.91 Å². The van der Waals surface area contributed by atoms with Crippen molar-refractivity contribution in [3.63, 3.8) is 0 Å². The molecule has 0 saturated carbocycles. The quantitative estimate of drug-likeness (QED) is 0.661. The number of carbonyl (C=O) groups is 2. The molecule has 2 N–H and O–H groups in total. The van der Waals surface area contributed by atoms with Crippen molar-refractivity contribution in [1.29, 1.82) is 0 Å². The van der Waals surface area contributed by atoms with Crippen LogP contribution in [0, 0.1) is 0 Å². The SMILES string of the molecule is O=C(O)CCCCNC(=O)CC1CCCCO1. The molecular formula is C12H21NO4. The molecule has 1 amide bonds. The van der Waals surface area contributed by atoms with Gasteiger partial charge >= 0.3 is 5.97 Å². The van der Waals surface area contributed by atoms with Gasteiger partial charge < -0.3 is 15.2 Å². The van der Waals surface area contributed by atoms with Gasteiger partial charge in [-0.3, -0.25) is 9.59 Å². The van der Waals surface area contributed by atoms with E-state index in [9.17, 15) is 9.59 Å². The van der Waals surface area contributed by atoms with Crippen LogP contribution in [0.5, 0.6) is 0 Å². The topological polar surface area (TPSA) is 75.6 Å². The van der Waals surface area contributed by atoms with E-state index >= 15 is 0 Å². The highest BCUT2D eigenvalue weighted by Crippen LogP contribution is 2.15. The molecule has 0 aromatic heterocycles. The molecule has 5 heteroatoms. The van der Waals surface area contributed by atoms with Gasteiger partial charge in [-0.05, 0) is 32.1 Å². The molecule has 1 aliphatic heterocycles. The van der Waals surface area contributed by atoms with Gasteiger partial charge in [-0.15, -0.1) is 0 Å². The average Bonchev–Trinajstić information content (AvgIpc) is 2.29. The number of nitrogens with one attached hydrogen (secondary N) is 1. The summed E-state index contributed by atoms with van der Waals surface area (Å²) in [7, 11) is 0. The number of aliphatic carboxylic acids is 1. The van der Waals surface area contributed by atoms with Crippen LogP contribution in [0.15, 0.2) is 0 Å². The van der Waals surface area contributed by atoms with E-state index < -0.39 is 5.97 Å². The minimum atomic E-state index is -0.785. The fraction of sp³-hybridized carbons (Fsp3) is 0.833. The molecule has 1 aliphatic rings. The number of hydrogen-bond donors (Lipinski definition) is 2. The molecule has 0 bridgehead atoms. The second-order valence-corrected chi connectivity index (χ2v) is 4.39. The van der Waals surface area contributed by atoms with E-state index in [0.717, 1.165) is 25.9 Å². The summed E-state index contributed by atoms with van der Waals surface area (Å²) in [6.07, 6.45) is 5.18. The van der Waals surface area contributed by atoms with Gasteiger partial charge in [0, 0.05) is 19.6 Å². The van der Waals surface area contributed by atoms with Gasteiger partial charge in [0.1, 0.15) is 0 Å². The van der Waals surface area contributed by atoms with Gasteiger partial charge in [0.25, 0.3) is 0 Å². The Kier molecular flexibility index (Phi) is 6.62. The Morgan fingerprint density at radius 3 is 2.76 bits per heavy atom. The Balaban J connectivity index is 1.98. The van der Waals surface area contributed by atoms with Crippen molar-refractivity contribution in [3.8, 4) is 0 Å². The zero-order valence-corrected chi connectivity index (χ0v) is 10.1. The number of amides is 1. The highest BCUT2D eigenvalue weighted by Gasteiger charge is 2.17. The third kappa shape index (κ3) is 6.94. The van der Waals surface area contributed by atoms with Crippen LogP contribution in [-0.2, 0) is 14.3 Å². The van der Waals surface area contributed by atoms with Crippen LogP contribution in [-0.4, -0.2) is 36.2 Å². The maximum Gasteiger partial charge on any atom is 0.303 e. The molecule has 1 heterocycles. The zero-order chi connectivity index (χ0) is 12.5. The molecule has 98 valence electrons. The Hall–Kier alpha value is -1.10. The molecule has 0 aliphatic carbocycles. The van der Waals surface area contributed by atoms with Crippen LogP contribution in [0.25, 0.3) is 0 Å². The molecule has 5 nitrogen and oxygen atoms in total. The number of unbranched alkanes of at least 4 members (excludes halogenated alkanes) is 1. The molecule has 0 radical (unpaired) electrons. The van der Waals surface area contributed by atoms with Crippen molar-refractivity contribution in [3.05, 3.63) is 0 Å². The largest absolute Gasteiger partial charge is 0.481 e. The van der Waals surface area contributed by atoms with Crippen LogP contribution in [0.3, 0.4) is 0 Å². The van der Waals surface area contributed by atoms with Gasteiger partial charge in [-0.2, -0.15) is 0 Å². The molecule has 0 spiro atoms. The molecular weight excluding hydrogens is 222 g/mol. The summed E-state index contributed by atoms with van der Waals surface area (Å²) in [4.78, 5) is 21.8. The van der Waals surface area contributed by atoms with Crippen molar-refractivity contribution in [2.24, 2.45) is 0 Å². The number of rotatable bonds is 7. The van der Waals surface area contributed by atoms with Crippen molar-refractivity contribution in [1.82, 2.24) is 5.32 Å². The van der Waals surface area contributed by atoms with E-state index in [-0.39, 0.29) is 18.4 Å². The first-order valence-electron chi connectivity index (χ1n) is 6.28. The molecule has 17 heavy (non-hydrogen) atoms. The summed E-state index contributed by atoms with van der Waals surface area (Å²) in [6, 6.07) is 0. The number of carbonyl (C=O) groups excluding carboxylic acids is 1. The minimum absolute atomic E-state index is 0.00669. The minimum Gasteiger partial charge on any atom is -0.481 e. The van der Waals surface area contributed by atoms with Crippen LogP contribution >= 0.6 is 0 Å². The monoisotopic (exact) mass is 243 g/mol. The lowest BCUT2D eigenvalue weighted by Crippen LogP contribution is -2.31. The normalized spacial score (nSPS) is 19.9. The predicted molar refractivity (Wildman–Crippen MR) is 62.7 cm³/mol. The summed E-state index contributed by atoms with van der Waals surface area (Å²) in [5, 5.41) is 11.2. The van der Waals surface area contributed by atoms with Crippen LogP contribution in [0.4, 0.5) is 0 Å². The Labute approximate surface area is 102 Å². The Morgan fingerprint density at radius 1 is 1.29 bits per heavy atom. The highest BCUT2D eigenvalue weighted by atomic mass is 16.5. The third-order valence-corrected chi connectivity index (χ3v) is 2.83. The lowest BCUT2D eigenvalue weighted by atomic mass is 10.1. The zero-order valence-electron chi connectivity index (χ0n) is 10.1. The van der Waals surface area contributed by atoms with Gasteiger partial charge in [-0.1, -0.05) is 0 Å². The standard InChI is InChI=1S/C12H21NO4/c14-11(9-10-5-2-4-8-17-10)13-7-3-1-6-12(15)16/h10H,1-9H2,(H,13,14)(H,15,16). The first-order chi connectivity index (χ1) is 8.18. The van der Waals surface area contributed by atoms with E-state index in [1.54, 1.807) is 0 Å². The Bertz CT molecular complexity index is 249. The number of carboxylic acid groups (broad SMARTS) is 1. The molecule has 1 atom stereocenters. The predicted octanol–water partition coefficient (Wildman–Crippen LogP) is 1.32. The van der Waals surface area contributed by atoms with Crippen molar-refractivity contribution in [2.45, 2.75) is 51.0 Å². The molecule has 1 saturated heterocycles. The number of carboxylic acids is 1. The fourth-order valence-electron chi connectivity index (χ4n) is 1.88. The van der Waals surface area contributed by atoms with Gasteiger partial charge in [0.05, 0.1) is 12.5 Å². The van der Waals surface area contributed by atoms with Gasteiger partial charge in [-0.25, -0.2) is 0 Å². The molecule has 1 unspecified atom stereocenters. The van der Waals surface area contributed by atoms with E-state index in [1.165, 1.54) is 0 Å². The van der Waals surface area contributed by atoms with Crippen molar-refractivity contribution in [2.75, 3.05) is 13.2 Å². The molecule has 1 fully saturated rings. The maximum absolute atomic E-state index is 11.5. The fourth-order valence-corrected chi connectivity index (χ4v) is 1.88. The lowest BCUT2D eigenvalue weighted by Gasteiger charge is -2.21. The number of hydrogen-bond acceptors (Lipinski definition) is 3. The summed E-state index contributed by atoms with van der Waals surface area (Å²) < 4.78 is 5.47. The van der Waals surface area contributed by atoms with Gasteiger partial charge in [0.15, 0.2) is 0 Å². The molecule has 0 aromatic carbocycles. The van der Waals surface area contributed by atoms with Crippen LogP contribution in [0.1, 0.15) is 44.9 Å². The summed E-state index contributed by atoms with van der Waals surface area (Å²) in [5.74, 6) is -0.779. The average molecular weight is 243 g/mol. The van der Waals surface area contributed by atoms with E-state index in [2.05, 4.69) is 5.32 Å². The first-order valence-corrected chi connectivity index (χ1v) is 6.28. The number of ether oxygens (including phenoxy) is 1. The highest BCUT2D eigenvalue weighted by molar-refractivity contribution is 5.76. The van der Waals surface area contributed by atoms with Crippen molar-refractivity contribution < 1.29 is 19.4 Å². The maximum atomic E-state index is 11.5. The second-order valence-electron chi connectivity index (χ2n) is 4.39. The summed E-state index contributed by atoms with van der Waals surface area (Å²) in [5.41, 5.74) is 0. The molecule has 1 rings (SSSR count). The smallest absolute Gasteiger partial charge is 0.303 e. The van der Waals surface area contributed by atoms with E-state index in [4.69, 9.17) is 9.84 Å². The second kappa shape index (κ2) is 8.06. The molecule has 0 aromatic rings. The van der Waals surface area contributed by atoms with Crippen molar-refractivity contribution >= 4 is 11.9 Å². The Morgan fingerprint density at radius 2 is 2.12 bits per heavy atom. The third-order valence-electron chi connectivity index (χ3n) is 2.83. The lowest BCUT2D eigenvalue weighted by molar-refractivity contribution is -0.137. The summed E-state index contributed by atoms with van der Waals surface area (Å²) >= 11 is 0. The first kappa shape index (κ1) is 14.0. The summed E-state index contributed by atoms with van der Waals surface area (Å²) in [6.45, 7) is 1.31. The van der Waals surface area contributed by atoms with Crippen LogP contribution < -0.4 is 5.32 Å².